The van der Waals surface area contributed by atoms with Crippen LogP contribution >= 0.6 is 23.2 Å². The average Bonchev–Trinajstić information content (AvgIpc) is 3.22. The molecule has 1 unspecified atom stereocenters. The van der Waals surface area contributed by atoms with Crippen molar-refractivity contribution in [3.63, 3.8) is 0 Å². The van der Waals surface area contributed by atoms with E-state index in [1.807, 2.05) is 0 Å². The number of carbonyl (C=O) groups excluding carboxylic acids is 1. The van der Waals surface area contributed by atoms with Gasteiger partial charge in [0.1, 0.15) is 0 Å². The molecule has 5 nitrogen and oxygen atoms in total. The maximum atomic E-state index is 12.1. The average molecular weight is 302 g/mol. The molecule has 0 aromatic heterocycles. The predicted molar refractivity (Wildman–Crippen MR) is 73.8 cm³/mol. The lowest BCUT2D eigenvalue weighted by atomic mass is 10.1. The van der Waals surface area contributed by atoms with Crippen molar-refractivity contribution in [1.29, 1.82) is 0 Å². The molecule has 1 atom stereocenters. The van der Waals surface area contributed by atoms with Gasteiger partial charge in [0.25, 0.3) is 5.91 Å². The Bertz CT molecular complexity index is 530. The van der Waals surface area contributed by atoms with Crippen LogP contribution in [0.1, 0.15) is 23.2 Å². The van der Waals surface area contributed by atoms with E-state index in [1.165, 1.54) is 6.07 Å². The second kappa shape index (κ2) is 5.67. The molecule has 1 aliphatic rings. The molecule has 1 saturated carbocycles. The van der Waals surface area contributed by atoms with E-state index in [2.05, 4.69) is 10.5 Å². The highest BCUT2D eigenvalue weighted by molar-refractivity contribution is 6.42. The second-order valence-electron chi connectivity index (χ2n) is 4.44. The summed E-state index contributed by atoms with van der Waals surface area (Å²) in [7, 11) is 0. The van der Waals surface area contributed by atoms with Crippen LogP contribution in [0, 0.1) is 5.92 Å². The number of hydrogen-bond acceptors (Lipinski definition) is 3. The molecule has 1 aliphatic carbocycles. The number of carbonyl (C=O) groups is 1. The molecule has 2 rings (SSSR count). The molecule has 1 fully saturated rings. The zero-order chi connectivity index (χ0) is 14.0. The van der Waals surface area contributed by atoms with Crippen LogP contribution in [-0.4, -0.2) is 23.0 Å². The summed E-state index contributed by atoms with van der Waals surface area (Å²) in [6.07, 6.45) is 1.89. The largest absolute Gasteiger partial charge is 0.409 e. The molecule has 0 heterocycles. The molecular formula is C12H13Cl2N3O2. The second-order valence-corrected chi connectivity index (χ2v) is 5.26. The van der Waals surface area contributed by atoms with E-state index in [-0.39, 0.29) is 17.7 Å². The Kier molecular flexibility index (Phi) is 4.17. The number of oxime groups is 1. The Morgan fingerprint density at radius 2 is 2.11 bits per heavy atom. The highest BCUT2D eigenvalue weighted by Gasteiger charge is 2.35. The van der Waals surface area contributed by atoms with E-state index in [4.69, 9.17) is 34.1 Å². The van der Waals surface area contributed by atoms with Gasteiger partial charge in [-0.05, 0) is 37.0 Å². The monoisotopic (exact) mass is 301 g/mol. The zero-order valence-electron chi connectivity index (χ0n) is 9.94. The lowest BCUT2D eigenvalue weighted by Crippen LogP contribution is -2.46. The first-order valence-electron chi connectivity index (χ1n) is 5.76. The van der Waals surface area contributed by atoms with Crippen LogP contribution in [0.2, 0.25) is 10.0 Å². The third-order valence-electron chi connectivity index (χ3n) is 3.00. The highest BCUT2D eigenvalue weighted by Crippen LogP contribution is 2.33. The van der Waals surface area contributed by atoms with Crippen molar-refractivity contribution in [2.75, 3.05) is 0 Å². The minimum absolute atomic E-state index is 0.0101. The standard InChI is InChI=1S/C12H13Cl2N3O2/c13-8-4-3-7(5-9(8)14)12(18)16-10(6-1-2-6)11(15)17-19/h3-6,10,19H,1-2H2,(H2,15,17)(H,16,18). The molecule has 4 N–H and O–H groups in total. The minimum Gasteiger partial charge on any atom is -0.409 e. The van der Waals surface area contributed by atoms with Gasteiger partial charge in [0.15, 0.2) is 5.84 Å². The lowest BCUT2D eigenvalue weighted by molar-refractivity contribution is 0.0943. The van der Waals surface area contributed by atoms with Crippen LogP contribution < -0.4 is 11.1 Å². The Morgan fingerprint density at radius 3 is 2.63 bits per heavy atom. The van der Waals surface area contributed by atoms with E-state index >= 15 is 0 Å². The van der Waals surface area contributed by atoms with Crippen molar-refractivity contribution in [2.45, 2.75) is 18.9 Å². The van der Waals surface area contributed by atoms with Gasteiger partial charge in [0.05, 0.1) is 16.1 Å². The Balaban J connectivity index is 2.12. The van der Waals surface area contributed by atoms with Gasteiger partial charge in [-0.25, -0.2) is 0 Å². The SMILES string of the molecule is NC(=NO)C(NC(=O)c1ccc(Cl)c(Cl)c1)C1CC1. The van der Waals surface area contributed by atoms with Crippen molar-refractivity contribution in [1.82, 2.24) is 5.32 Å². The highest BCUT2D eigenvalue weighted by atomic mass is 35.5. The molecule has 0 spiro atoms. The van der Waals surface area contributed by atoms with Gasteiger partial charge in [-0.2, -0.15) is 0 Å². The summed E-state index contributed by atoms with van der Waals surface area (Å²) >= 11 is 11.6. The van der Waals surface area contributed by atoms with Crippen molar-refractivity contribution in [3.8, 4) is 0 Å². The number of hydrogen-bond donors (Lipinski definition) is 3. The lowest BCUT2D eigenvalue weighted by Gasteiger charge is -2.16. The van der Waals surface area contributed by atoms with Crippen LogP contribution in [0.5, 0.6) is 0 Å². The van der Waals surface area contributed by atoms with E-state index < -0.39 is 6.04 Å². The first-order chi connectivity index (χ1) is 9.02. The molecule has 1 aromatic rings. The Labute approximate surface area is 120 Å². The van der Waals surface area contributed by atoms with Crippen molar-refractivity contribution < 1.29 is 10.0 Å². The smallest absolute Gasteiger partial charge is 0.251 e. The van der Waals surface area contributed by atoms with Gasteiger partial charge in [-0.3, -0.25) is 4.79 Å². The topological polar surface area (TPSA) is 87.7 Å². The molecule has 1 amide bonds. The van der Waals surface area contributed by atoms with Gasteiger partial charge < -0.3 is 16.3 Å². The Morgan fingerprint density at radius 1 is 1.42 bits per heavy atom. The summed E-state index contributed by atoms with van der Waals surface area (Å²) in [5, 5.41) is 15.1. The number of rotatable bonds is 4. The molecule has 0 saturated heterocycles. The fraction of sp³-hybridized carbons (Fsp3) is 0.333. The van der Waals surface area contributed by atoms with Gasteiger partial charge in [0, 0.05) is 5.56 Å². The Hall–Kier alpha value is -1.46. The number of amidine groups is 1. The van der Waals surface area contributed by atoms with Crippen LogP contribution in [0.15, 0.2) is 23.4 Å². The molecule has 19 heavy (non-hydrogen) atoms. The number of benzene rings is 1. The van der Waals surface area contributed by atoms with Gasteiger partial charge in [-0.1, -0.05) is 28.4 Å². The number of halogens is 2. The molecule has 0 bridgehead atoms. The summed E-state index contributed by atoms with van der Waals surface area (Å²) in [6.45, 7) is 0. The summed E-state index contributed by atoms with van der Waals surface area (Å²) in [5.41, 5.74) is 5.96. The molecule has 1 aromatic carbocycles. The summed E-state index contributed by atoms with van der Waals surface area (Å²) < 4.78 is 0. The summed E-state index contributed by atoms with van der Waals surface area (Å²) in [5.74, 6) is -0.0967. The minimum atomic E-state index is -0.452. The van der Waals surface area contributed by atoms with E-state index in [9.17, 15) is 4.79 Å². The fourth-order valence-corrected chi connectivity index (χ4v) is 2.09. The van der Waals surface area contributed by atoms with E-state index in [0.717, 1.165) is 12.8 Å². The van der Waals surface area contributed by atoms with Crippen LogP contribution in [0.4, 0.5) is 0 Å². The molecule has 0 aliphatic heterocycles. The molecule has 102 valence electrons. The number of amides is 1. The van der Waals surface area contributed by atoms with Crippen LogP contribution in [0.3, 0.4) is 0 Å². The van der Waals surface area contributed by atoms with Crippen molar-refractivity contribution >= 4 is 34.9 Å². The van der Waals surface area contributed by atoms with Gasteiger partial charge in [0.2, 0.25) is 0 Å². The zero-order valence-corrected chi connectivity index (χ0v) is 11.4. The van der Waals surface area contributed by atoms with E-state index in [0.29, 0.717) is 15.6 Å². The third-order valence-corrected chi connectivity index (χ3v) is 3.73. The molecule has 0 radical (unpaired) electrons. The third kappa shape index (κ3) is 3.30. The van der Waals surface area contributed by atoms with E-state index in [1.54, 1.807) is 12.1 Å². The normalized spacial score (nSPS) is 17.1. The van der Waals surface area contributed by atoms with Crippen LogP contribution in [-0.2, 0) is 0 Å². The summed E-state index contributed by atoms with van der Waals surface area (Å²) in [4.78, 5) is 12.1. The summed E-state index contributed by atoms with van der Waals surface area (Å²) in [6, 6.07) is 4.15. The number of nitrogens with one attached hydrogen (secondary N) is 1. The molecule has 7 heteroatoms. The van der Waals surface area contributed by atoms with Crippen LogP contribution in [0.25, 0.3) is 0 Å². The maximum absolute atomic E-state index is 12.1. The number of nitrogens with two attached hydrogens (primary N) is 1. The quantitative estimate of drug-likeness (QED) is 0.345. The first-order valence-corrected chi connectivity index (χ1v) is 6.52. The van der Waals surface area contributed by atoms with Gasteiger partial charge in [-0.15, -0.1) is 0 Å². The molecular weight excluding hydrogens is 289 g/mol. The van der Waals surface area contributed by atoms with Crippen molar-refractivity contribution in [2.24, 2.45) is 16.8 Å². The van der Waals surface area contributed by atoms with Crippen molar-refractivity contribution in [3.05, 3.63) is 33.8 Å². The number of nitrogens with zero attached hydrogens (tertiary/aromatic N) is 1. The fourth-order valence-electron chi connectivity index (χ4n) is 1.79. The predicted octanol–water partition coefficient (Wildman–Crippen LogP) is 2.25. The van der Waals surface area contributed by atoms with Gasteiger partial charge >= 0.3 is 0 Å². The maximum Gasteiger partial charge on any atom is 0.251 e. The first kappa shape index (κ1) is 14.0.